The van der Waals surface area contributed by atoms with E-state index in [1.165, 1.54) is 6.92 Å². The quantitative estimate of drug-likeness (QED) is 0.163. The number of rotatable bonds is 10. The highest BCUT2D eigenvalue weighted by Gasteiger charge is 2.47. The summed E-state index contributed by atoms with van der Waals surface area (Å²) in [5, 5.41) is 62.7. The van der Waals surface area contributed by atoms with Crippen molar-refractivity contribution < 1.29 is 59.1 Å². The molecule has 0 bridgehead atoms. The summed E-state index contributed by atoms with van der Waals surface area (Å²) in [6.45, 7) is 5.04. The predicted octanol–water partition coefficient (Wildman–Crippen LogP) is -3.42. The number of aliphatic hydroxyl groups is 6. The second-order valence-electron chi connectivity index (χ2n) is 8.57. The molecule has 13 nitrogen and oxygen atoms in total. The van der Waals surface area contributed by atoms with Crippen molar-refractivity contribution in [3.63, 3.8) is 0 Å². The Kier molecular flexibility index (Phi) is 10.8. The summed E-state index contributed by atoms with van der Waals surface area (Å²) in [5.74, 6) is -0.491. The summed E-state index contributed by atoms with van der Waals surface area (Å²) in [6.07, 6.45) is -12.3. The number of carbonyl (C=O) groups is 1. The van der Waals surface area contributed by atoms with Gasteiger partial charge in [-0.3, -0.25) is 4.79 Å². The van der Waals surface area contributed by atoms with E-state index in [9.17, 15) is 35.4 Å². The molecule has 33 heavy (non-hydrogen) atoms. The first-order valence-corrected chi connectivity index (χ1v) is 10.9. The Bertz CT molecular complexity index is 608. The summed E-state index contributed by atoms with van der Waals surface area (Å²) in [5.41, 5.74) is 0. The van der Waals surface area contributed by atoms with Crippen molar-refractivity contribution in [3.05, 3.63) is 0 Å². The second kappa shape index (κ2) is 12.7. The van der Waals surface area contributed by atoms with Crippen molar-refractivity contribution in [1.29, 1.82) is 0 Å². The van der Waals surface area contributed by atoms with E-state index in [1.807, 2.05) is 0 Å². The normalized spacial score (nSPS) is 40.6. The van der Waals surface area contributed by atoms with Crippen LogP contribution in [0.2, 0.25) is 0 Å². The minimum absolute atomic E-state index is 0.154. The Hall–Kier alpha value is -0.970. The van der Waals surface area contributed by atoms with E-state index in [2.05, 4.69) is 5.32 Å². The minimum atomic E-state index is -1.46. The van der Waals surface area contributed by atoms with E-state index in [0.717, 1.165) is 0 Å². The fourth-order valence-electron chi connectivity index (χ4n) is 3.74. The first-order chi connectivity index (χ1) is 15.5. The van der Waals surface area contributed by atoms with Gasteiger partial charge in [-0.05, 0) is 20.8 Å². The van der Waals surface area contributed by atoms with Crippen LogP contribution in [-0.2, 0) is 28.5 Å². The maximum absolute atomic E-state index is 11.5. The molecule has 2 aliphatic heterocycles. The fraction of sp³-hybridized carbons (Fsp3) is 0.950. The summed E-state index contributed by atoms with van der Waals surface area (Å²) < 4.78 is 27.9. The third kappa shape index (κ3) is 7.26. The fourth-order valence-corrected chi connectivity index (χ4v) is 3.74. The largest absolute Gasteiger partial charge is 0.394 e. The molecule has 2 fully saturated rings. The van der Waals surface area contributed by atoms with Crippen LogP contribution in [0.15, 0.2) is 0 Å². The van der Waals surface area contributed by atoms with E-state index < -0.39 is 86.6 Å². The van der Waals surface area contributed by atoms with Gasteiger partial charge >= 0.3 is 0 Å². The molecule has 11 atom stereocenters. The third-order valence-corrected chi connectivity index (χ3v) is 5.37. The van der Waals surface area contributed by atoms with E-state index in [1.54, 1.807) is 20.8 Å². The molecule has 0 aliphatic carbocycles. The van der Waals surface area contributed by atoms with Crippen molar-refractivity contribution >= 4 is 5.91 Å². The molecule has 2 saturated heterocycles. The van der Waals surface area contributed by atoms with Crippen LogP contribution in [-0.4, -0.2) is 130 Å². The van der Waals surface area contributed by atoms with Gasteiger partial charge in [0.15, 0.2) is 12.6 Å². The van der Waals surface area contributed by atoms with Gasteiger partial charge in [0.05, 0.1) is 32.0 Å². The number of aliphatic hydroxyl groups excluding tert-OH is 6. The molecule has 0 spiro atoms. The van der Waals surface area contributed by atoms with E-state index in [4.69, 9.17) is 23.7 Å². The van der Waals surface area contributed by atoms with Crippen molar-refractivity contribution in [2.45, 2.75) is 101 Å². The van der Waals surface area contributed by atoms with Crippen molar-refractivity contribution in [3.8, 4) is 0 Å². The number of carbonyl (C=O) groups excluding carboxylic acids is 1. The lowest BCUT2D eigenvalue weighted by Crippen LogP contribution is -2.65. The summed E-state index contributed by atoms with van der Waals surface area (Å²) in [7, 11) is 0. The number of ether oxygens (including phenoxy) is 5. The smallest absolute Gasteiger partial charge is 0.217 e. The summed E-state index contributed by atoms with van der Waals surface area (Å²) in [6, 6.07) is -1.12. The highest BCUT2D eigenvalue weighted by atomic mass is 16.7. The topological polar surface area (TPSA) is 197 Å². The molecule has 13 heteroatoms. The lowest BCUT2D eigenvalue weighted by atomic mass is 9.97. The molecule has 0 aromatic heterocycles. The highest BCUT2D eigenvalue weighted by Crippen LogP contribution is 2.27. The minimum Gasteiger partial charge on any atom is -0.394 e. The molecular formula is C20H37NO12. The number of hydrogen-bond donors (Lipinski definition) is 7. The van der Waals surface area contributed by atoms with Crippen molar-refractivity contribution in [2.75, 3.05) is 19.8 Å². The average molecular weight is 484 g/mol. The van der Waals surface area contributed by atoms with Crippen LogP contribution in [0.3, 0.4) is 0 Å². The van der Waals surface area contributed by atoms with Crippen molar-refractivity contribution in [2.24, 2.45) is 0 Å². The van der Waals surface area contributed by atoms with Gasteiger partial charge in [0.1, 0.15) is 48.8 Å². The van der Waals surface area contributed by atoms with Crippen LogP contribution in [0.4, 0.5) is 0 Å². The van der Waals surface area contributed by atoms with Gasteiger partial charge in [-0.2, -0.15) is 0 Å². The molecule has 11 unspecified atom stereocenters. The molecule has 0 aromatic rings. The number of amides is 1. The molecule has 2 heterocycles. The van der Waals surface area contributed by atoms with Crippen LogP contribution in [0.25, 0.3) is 0 Å². The van der Waals surface area contributed by atoms with Crippen LogP contribution in [0.1, 0.15) is 27.7 Å². The summed E-state index contributed by atoms with van der Waals surface area (Å²) >= 11 is 0. The first-order valence-electron chi connectivity index (χ1n) is 10.9. The van der Waals surface area contributed by atoms with E-state index in [-0.39, 0.29) is 12.7 Å². The Balaban J connectivity index is 2.00. The van der Waals surface area contributed by atoms with Crippen molar-refractivity contribution in [1.82, 2.24) is 5.32 Å². The average Bonchev–Trinajstić information content (AvgIpc) is 2.75. The van der Waals surface area contributed by atoms with E-state index >= 15 is 0 Å². The maximum Gasteiger partial charge on any atom is 0.217 e. The first kappa shape index (κ1) is 28.3. The van der Waals surface area contributed by atoms with Gasteiger partial charge in [-0.25, -0.2) is 0 Å². The summed E-state index contributed by atoms with van der Waals surface area (Å²) in [4.78, 5) is 11.5. The van der Waals surface area contributed by atoms with Gasteiger partial charge in [-0.1, -0.05) is 0 Å². The van der Waals surface area contributed by atoms with Crippen LogP contribution in [0, 0.1) is 0 Å². The Morgan fingerprint density at radius 2 is 1.48 bits per heavy atom. The molecule has 2 rings (SSSR count). The molecule has 0 aromatic carbocycles. The molecule has 2 aliphatic rings. The maximum atomic E-state index is 11.5. The highest BCUT2D eigenvalue weighted by molar-refractivity contribution is 5.73. The van der Waals surface area contributed by atoms with Gasteiger partial charge in [0, 0.05) is 6.92 Å². The second-order valence-corrected chi connectivity index (χ2v) is 8.57. The predicted molar refractivity (Wildman–Crippen MR) is 110 cm³/mol. The lowest BCUT2D eigenvalue weighted by Gasteiger charge is -2.44. The van der Waals surface area contributed by atoms with Gasteiger partial charge in [0.25, 0.3) is 0 Å². The zero-order chi connectivity index (χ0) is 24.9. The molecule has 0 radical (unpaired) electrons. The monoisotopic (exact) mass is 483 g/mol. The lowest BCUT2D eigenvalue weighted by molar-refractivity contribution is -0.320. The molecule has 7 N–H and O–H groups in total. The van der Waals surface area contributed by atoms with Gasteiger partial charge in [0.2, 0.25) is 5.91 Å². The van der Waals surface area contributed by atoms with Crippen LogP contribution in [0.5, 0.6) is 0 Å². The zero-order valence-electron chi connectivity index (χ0n) is 19.2. The zero-order valence-corrected chi connectivity index (χ0v) is 19.2. The number of nitrogens with one attached hydrogen (secondary N) is 1. The van der Waals surface area contributed by atoms with Gasteiger partial charge < -0.3 is 59.6 Å². The SMILES string of the molecule is CC(=O)NC1C(OC(C)COC2C(CO)OC(OC(C)C)C(O)C2O)OC(CO)C(O)C1O. The molecule has 1 amide bonds. The molecule has 0 saturated carbocycles. The van der Waals surface area contributed by atoms with Gasteiger partial charge in [-0.15, -0.1) is 0 Å². The van der Waals surface area contributed by atoms with E-state index in [0.29, 0.717) is 0 Å². The molecule has 194 valence electrons. The standard InChI is InChI=1S/C20H37NO12/c1-8(2)30-20-17(28)16(27)18(12(6-23)33-20)29-7-9(3)31-19-13(21-10(4)24)15(26)14(25)11(5-22)32-19/h8-9,11-20,22-23,25-28H,5-7H2,1-4H3,(H,21,24). The third-order valence-electron chi connectivity index (χ3n) is 5.37. The Morgan fingerprint density at radius 3 is 2.03 bits per heavy atom. The Morgan fingerprint density at radius 1 is 0.879 bits per heavy atom. The molecular weight excluding hydrogens is 446 g/mol. The van der Waals surface area contributed by atoms with Crippen LogP contribution < -0.4 is 5.32 Å². The van der Waals surface area contributed by atoms with Crippen LogP contribution >= 0.6 is 0 Å². The number of hydrogen-bond acceptors (Lipinski definition) is 12. The Labute approximate surface area is 192 Å².